The summed E-state index contributed by atoms with van der Waals surface area (Å²) in [5, 5.41) is 6.70. The minimum atomic E-state index is 0.784. The van der Waals surface area contributed by atoms with E-state index >= 15 is 0 Å². The Morgan fingerprint density at radius 2 is 2.22 bits per heavy atom. The fourth-order valence-electron chi connectivity index (χ4n) is 2.56. The average Bonchev–Trinajstić information content (AvgIpc) is 3.18. The van der Waals surface area contributed by atoms with Crippen LogP contribution in [0, 0.1) is 0 Å². The summed E-state index contributed by atoms with van der Waals surface area (Å²) in [5.74, 6) is 1.88. The summed E-state index contributed by atoms with van der Waals surface area (Å²) in [6.07, 6.45) is 1.99. The lowest BCUT2D eigenvalue weighted by molar-refractivity contribution is 0.357. The predicted molar refractivity (Wildman–Crippen MR) is 99.6 cm³/mol. The van der Waals surface area contributed by atoms with Crippen molar-refractivity contribution in [2.75, 3.05) is 20.2 Å². The molecular formula is C17H20BrN3OS. The molecule has 0 radical (unpaired) electrons. The van der Waals surface area contributed by atoms with Crippen LogP contribution in [-0.2, 0) is 19.4 Å². The molecule has 23 heavy (non-hydrogen) atoms. The van der Waals surface area contributed by atoms with Crippen molar-refractivity contribution in [2.45, 2.75) is 19.4 Å². The van der Waals surface area contributed by atoms with Gasteiger partial charge in [0.25, 0.3) is 0 Å². The van der Waals surface area contributed by atoms with Gasteiger partial charge in [0.15, 0.2) is 5.96 Å². The minimum absolute atomic E-state index is 0.784. The Morgan fingerprint density at radius 3 is 3.00 bits per heavy atom. The molecule has 6 heteroatoms. The van der Waals surface area contributed by atoms with E-state index in [-0.39, 0.29) is 0 Å². The van der Waals surface area contributed by atoms with Gasteiger partial charge in [-0.25, -0.2) is 0 Å². The number of benzene rings is 1. The molecule has 0 saturated heterocycles. The Hall–Kier alpha value is -1.53. The third-order valence-corrected chi connectivity index (χ3v) is 5.37. The van der Waals surface area contributed by atoms with Crippen molar-refractivity contribution >= 4 is 33.2 Å². The van der Waals surface area contributed by atoms with Gasteiger partial charge in [0.05, 0.1) is 16.9 Å². The molecule has 0 atom stereocenters. The van der Waals surface area contributed by atoms with Crippen LogP contribution in [0.2, 0.25) is 0 Å². The molecule has 0 saturated carbocycles. The van der Waals surface area contributed by atoms with E-state index in [1.54, 1.807) is 18.4 Å². The van der Waals surface area contributed by atoms with E-state index in [1.165, 1.54) is 16.0 Å². The Morgan fingerprint density at radius 1 is 1.30 bits per heavy atom. The first-order valence-corrected chi connectivity index (χ1v) is 9.29. The second kappa shape index (κ2) is 7.84. The van der Waals surface area contributed by atoms with Gasteiger partial charge in [0.1, 0.15) is 5.75 Å². The molecule has 3 rings (SSSR count). The number of halogens is 1. The van der Waals surface area contributed by atoms with Crippen LogP contribution in [0.3, 0.4) is 0 Å². The van der Waals surface area contributed by atoms with E-state index < -0.39 is 0 Å². The number of hydrogen-bond acceptors (Lipinski definition) is 3. The fraction of sp³-hybridized carbons (Fsp3) is 0.353. The van der Waals surface area contributed by atoms with Gasteiger partial charge in [-0.3, -0.25) is 4.99 Å². The van der Waals surface area contributed by atoms with Crippen LogP contribution in [0.1, 0.15) is 16.0 Å². The van der Waals surface area contributed by atoms with E-state index in [1.807, 2.05) is 0 Å². The smallest absolute Gasteiger partial charge is 0.191 e. The highest BCUT2D eigenvalue weighted by atomic mass is 79.9. The highest BCUT2D eigenvalue weighted by molar-refractivity contribution is 9.11. The summed E-state index contributed by atoms with van der Waals surface area (Å²) >= 11 is 5.21. The van der Waals surface area contributed by atoms with Gasteiger partial charge < -0.3 is 15.4 Å². The molecule has 0 bridgehead atoms. The Kier molecular flexibility index (Phi) is 5.56. The van der Waals surface area contributed by atoms with Crippen molar-refractivity contribution in [3.63, 3.8) is 0 Å². The molecule has 1 aliphatic heterocycles. The third kappa shape index (κ3) is 4.48. The molecule has 4 nitrogen and oxygen atoms in total. The SMILES string of the molecule is CN=C(NCCc1ccc2c(c1)CCO2)NCc1ccc(Br)s1. The highest BCUT2D eigenvalue weighted by Gasteiger charge is 2.11. The summed E-state index contributed by atoms with van der Waals surface area (Å²) in [6, 6.07) is 10.7. The molecule has 2 aromatic rings. The summed E-state index contributed by atoms with van der Waals surface area (Å²) < 4.78 is 6.69. The van der Waals surface area contributed by atoms with Gasteiger partial charge >= 0.3 is 0 Å². The maximum absolute atomic E-state index is 5.54. The van der Waals surface area contributed by atoms with E-state index in [0.717, 1.165) is 48.0 Å². The zero-order valence-electron chi connectivity index (χ0n) is 13.1. The van der Waals surface area contributed by atoms with Gasteiger partial charge in [-0.2, -0.15) is 0 Å². The second-order valence-corrected chi connectivity index (χ2v) is 7.90. The number of thiophene rings is 1. The Labute approximate surface area is 149 Å². The van der Waals surface area contributed by atoms with Crippen molar-refractivity contribution < 1.29 is 4.74 Å². The number of ether oxygens (including phenoxy) is 1. The van der Waals surface area contributed by atoms with Crippen LogP contribution < -0.4 is 15.4 Å². The largest absolute Gasteiger partial charge is 0.493 e. The van der Waals surface area contributed by atoms with Crippen LogP contribution in [0.25, 0.3) is 0 Å². The van der Waals surface area contributed by atoms with Crippen molar-refractivity contribution in [3.05, 3.63) is 50.1 Å². The van der Waals surface area contributed by atoms with Gasteiger partial charge in [-0.15, -0.1) is 11.3 Å². The second-order valence-electron chi connectivity index (χ2n) is 5.35. The summed E-state index contributed by atoms with van der Waals surface area (Å²) in [4.78, 5) is 5.54. The van der Waals surface area contributed by atoms with Gasteiger partial charge in [-0.05, 0) is 51.7 Å². The van der Waals surface area contributed by atoms with Crippen LogP contribution in [0.4, 0.5) is 0 Å². The topological polar surface area (TPSA) is 45.7 Å². The highest BCUT2D eigenvalue weighted by Crippen LogP contribution is 2.25. The lowest BCUT2D eigenvalue weighted by Crippen LogP contribution is -2.37. The molecule has 2 N–H and O–H groups in total. The van der Waals surface area contributed by atoms with Crippen LogP contribution >= 0.6 is 27.3 Å². The number of guanidine groups is 1. The normalized spacial score (nSPS) is 13.6. The number of fused-ring (bicyclic) bond motifs is 1. The molecule has 1 aromatic heterocycles. The molecule has 0 amide bonds. The van der Waals surface area contributed by atoms with Crippen molar-refractivity contribution in [3.8, 4) is 5.75 Å². The monoisotopic (exact) mass is 393 g/mol. The number of rotatable bonds is 5. The van der Waals surface area contributed by atoms with Gasteiger partial charge in [-0.1, -0.05) is 12.1 Å². The lowest BCUT2D eigenvalue weighted by atomic mass is 10.1. The quantitative estimate of drug-likeness (QED) is 0.604. The molecule has 1 aliphatic rings. The molecule has 0 unspecified atom stereocenters. The average molecular weight is 394 g/mol. The number of nitrogens with one attached hydrogen (secondary N) is 2. The molecule has 122 valence electrons. The summed E-state index contributed by atoms with van der Waals surface area (Å²) in [6.45, 7) is 2.45. The maximum atomic E-state index is 5.54. The first-order valence-electron chi connectivity index (χ1n) is 7.68. The van der Waals surface area contributed by atoms with Gasteiger partial charge in [0.2, 0.25) is 0 Å². The zero-order chi connectivity index (χ0) is 16.1. The molecule has 2 heterocycles. The fourth-order valence-corrected chi connectivity index (χ4v) is 3.98. The lowest BCUT2D eigenvalue weighted by Gasteiger charge is -2.11. The summed E-state index contributed by atoms with van der Waals surface area (Å²) in [5.41, 5.74) is 2.66. The molecule has 0 spiro atoms. The number of nitrogens with zero attached hydrogens (tertiary/aromatic N) is 1. The van der Waals surface area contributed by atoms with E-state index in [2.05, 4.69) is 61.9 Å². The Bertz CT molecular complexity index is 699. The van der Waals surface area contributed by atoms with Crippen molar-refractivity contribution in [1.82, 2.24) is 10.6 Å². The van der Waals surface area contributed by atoms with Crippen LogP contribution in [0.5, 0.6) is 5.75 Å². The molecule has 0 fully saturated rings. The third-order valence-electron chi connectivity index (χ3n) is 3.74. The number of hydrogen-bond donors (Lipinski definition) is 2. The van der Waals surface area contributed by atoms with E-state index in [9.17, 15) is 0 Å². The van der Waals surface area contributed by atoms with E-state index in [4.69, 9.17) is 4.74 Å². The molecule has 1 aromatic carbocycles. The van der Waals surface area contributed by atoms with Crippen LogP contribution in [-0.4, -0.2) is 26.2 Å². The van der Waals surface area contributed by atoms with Crippen molar-refractivity contribution in [1.29, 1.82) is 0 Å². The maximum Gasteiger partial charge on any atom is 0.191 e. The first-order chi connectivity index (χ1) is 11.2. The predicted octanol–water partition coefficient (Wildman–Crippen LogP) is 3.35. The minimum Gasteiger partial charge on any atom is -0.493 e. The van der Waals surface area contributed by atoms with Crippen LogP contribution in [0.15, 0.2) is 39.1 Å². The number of aliphatic imine (C=N–C) groups is 1. The summed E-state index contributed by atoms with van der Waals surface area (Å²) in [7, 11) is 1.80. The van der Waals surface area contributed by atoms with Crippen molar-refractivity contribution in [2.24, 2.45) is 4.99 Å². The molecular weight excluding hydrogens is 374 g/mol. The first kappa shape index (κ1) is 16.3. The van der Waals surface area contributed by atoms with Gasteiger partial charge in [0, 0.05) is 24.9 Å². The zero-order valence-corrected chi connectivity index (χ0v) is 15.5. The molecule has 0 aliphatic carbocycles. The Balaban J connectivity index is 1.45. The van der Waals surface area contributed by atoms with E-state index in [0.29, 0.717) is 0 Å². The standard InChI is InChI=1S/C17H20BrN3OS/c1-19-17(21-11-14-3-5-16(18)23-14)20-8-6-12-2-4-15-13(10-12)7-9-22-15/h2-5,10H,6-9,11H2,1H3,(H2,19,20,21).